The fraction of sp³-hybridized carbons (Fsp3) is 0. The standard InChI is InChI=1S/C16H11N3O2S2/c17-11-7-8-14(15-10(11)4-3-9-18-15)23(20,21)16-19-12-5-1-2-6-13(12)22-16/h1-9H,17H2. The second-order valence-corrected chi connectivity index (χ2v) is 8.13. The number of benzene rings is 2. The molecule has 0 saturated heterocycles. The number of fused-ring (bicyclic) bond motifs is 2. The fourth-order valence-electron chi connectivity index (χ4n) is 2.45. The summed E-state index contributed by atoms with van der Waals surface area (Å²) >= 11 is 1.15. The van der Waals surface area contributed by atoms with Crippen LogP contribution in [0.15, 0.2) is 64.0 Å². The summed E-state index contributed by atoms with van der Waals surface area (Å²) in [7, 11) is -3.75. The number of thiazole rings is 1. The monoisotopic (exact) mass is 341 g/mol. The molecule has 2 aromatic heterocycles. The second-order valence-electron chi connectivity index (χ2n) is 5.00. The van der Waals surface area contributed by atoms with Crippen molar-refractivity contribution in [3.05, 3.63) is 54.7 Å². The average molecular weight is 341 g/mol. The zero-order valence-electron chi connectivity index (χ0n) is 11.8. The highest BCUT2D eigenvalue weighted by Crippen LogP contribution is 2.33. The lowest BCUT2D eigenvalue weighted by molar-refractivity contribution is 0.596. The predicted octanol–water partition coefficient (Wildman–Crippen LogP) is 3.26. The van der Waals surface area contributed by atoms with Gasteiger partial charge in [0.05, 0.1) is 15.7 Å². The molecule has 0 aliphatic rings. The van der Waals surface area contributed by atoms with Crippen LogP contribution < -0.4 is 5.73 Å². The number of anilines is 1. The van der Waals surface area contributed by atoms with Crippen molar-refractivity contribution in [2.75, 3.05) is 5.73 Å². The van der Waals surface area contributed by atoms with E-state index in [0.717, 1.165) is 16.0 Å². The van der Waals surface area contributed by atoms with Gasteiger partial charge in [-0.15, -0.1) is 11.3 Å². The van der Waals surface area contributed by atoms with Crippen LogP contribution in [0.5, 0.6) is 0 Å². The van der Waals surface area contributed by atoms with Crippen LogP contribution in [0.2, 0.25) is 0 Å². The van der Waals surface area contributed by atoms with Crippen LogP contribution in [0.1, 0.15) is 0 Å². The summed E-state index contributed by atoms with van der Waals surface area (Å²) in [5.41, 5.74) is 7.45. The molecule has 0 spiro atoms. The maximum Gasteiger partial charge on any atom is 0.235 e. The van der Waals surface area contributed by atoms with E-state index in [1.54, 1.807) is 30.5 Å². The number of sulfone groups is 1. The summed E-state index contributed by atoms with van der Waals surface area (Å²) < 4.78 is 26.9. The molecule has 0 radical (unpaired) electrons. The van der Waals surface area contributed by atoms with E-state index < -0.39 is 9.84 Å². The molecule has 0 unspecified atom stereocenters. The molecule has 2 aromatic carbocycles. The Bertz CT molecular complexity index is 1120. The first kappa shape index (κ1) is 14.1. The van der Waals surface area contributed by atoms with Crippen molar-refractivity contribution >= 4 is 48.0 Å². The number of para-hydroxylation sites is 1. The predicted molar refractivity (Wildman–Crippen MR) is 91.2 cm³/mol. The van der Waals surface area contributed by atoms with Gasteiger partial charge in [-0.25, -0.2) is 13.4 Å². The molecule has 5 nitrogen and oxygen atoms in total. The molecule has 0 bridgehead atoms. The van der Waals surface area contributed by atoms with E-state index in [0.29, 0.717) is 22.1 Å². The lowest BCUT2D eigenvalue weighted by atomic mass is 10.2. The van der Waals surface area contributed by atoms with Crippen LogP contribution in [-0.2, 0) is 9.84 Å². The van der Waals surface area contributed by atoms with Crippen LogP contribution in [0, 0.1) is 0 Å². The summed E-state index contributed by atoms with van der Waals surface area (Å²) in [6, 6.07) is 13.9. The molecule has 2 N–H and O–H groups in total. The van der Waals surface area contributed by atoms with Crippen molar-refractivity contribution in [2.24, 2.45) is 0 Å². The van der Waals surface area contributed by atoms with Crippen LogP contribution >= 0.6 is 11.3 Å². The molecule has 0 aliphatic carbocycles. The maximum absolute atomic E-state index is 13.0. The number of nitrogen functional groups attached to an aromatic ring is 1. The zero-order chi connectivity index (χ0) is 16.0. The lowest BCUT2D eigenvalue weighted by Crippen LogP contribution is -2.04. The van der Waals surface area contributed by atoms with Crippen molar-refractivity contribution in [1.29, 1.82) is 0 Å². The van der Waals surface area contributed by atoms with E-state index in [1.165, 1.54) is 6.07 Å². The maximum atomic E-state index is 13.0. The van der Waals surface area contributed by atoms with Crippen molar-refractivity contribution in [2.45, 2.75) is 9.24 Å². The molecule has 4 aromatic rings. The number of nitrogens with two attached hydrogens (primary N) is 1. The van der Waals surface area contributed by atoms with Gasteiger partial charge in [0.25, 0.3) is 0 Å². The third-order valence-electron chi connectivity index (χ3n) is 3.56. The van der Waals surface area contributed by atoms with Crippen molar-refractivity contribution < 1.29 is 8.42 Å². The van der Waals surface area contributed by atoms with Crippen LogP contribution in [-0.4, -0.2) is 18.4 Å². The lowest BCUT2D eigenvalue weighted by Gasteiger charge is -2.07. The van der Waals surface area contributed by atoms with E-state index in [9.17, 15) is 8.42 Å². The highest BCUT2D eigenvalue weighted by Gasteiger charge is 2.25. The Kier molecular flexibility index (Phi) is 3.07. The van der Waals surface area contributed by atoms with Gasteiger partial charge in [-0.3, -0.25) is 4.98 Å². The van der Waals surface area contributed by atoms with Crippen molar-refractivity contribution in [3.8, 4) is 0 Å². The summed E-state index contributed by atoms with van der Waals surface area (Å²) in [4.78, 5) is 8.59. The largest absolute Gasteiger partial charge is 0.398 e. The molecule has 0 amide bonds. The van der Waals surface area contributed by atoms with E-state index >= 15 is 0 Å². The van der Waals surface area contributed by atoms with Gasteiger partial charge in [-0.05, 0) is 36.4 Å². The van der Waals surface area contributed by atoms with Crippen molar-refractivity contribution in [3.63, 3.8) is 0 Å². The van der Waals surface area contributed by atoms with Gasteiger partial charge in [-0.1, -0.05) is 12.1 Å². The smallest absolute Gasteiger partial charge is 0.235 e. The Labute approximate surface area is 136 Å². The topological polar surface area (TPSA) is 85.9 Å². The minimum absolute atomic E-state index is 0.0652. The van der Waals surface area contributed by atoms with Crippen LogP contribution in [0.25, 0.3) is 21.1 Å². The second kappa shape index (κ2) is 5.00. The Hall–Kier alpha value is -2.51. The molecule has 0 fully saturated rings. The number of hydrogen-bond donors (Lipinski definition) is 1. The molecule has 7 heteroatoms. The Morgan fingerprint density at radius 3 is 2.65 bits per heavy atom. The third-order valence-corrected chi connectivity index (χ3v) is 6.76. The number of hydrogen-bond acceptors (Lipinski definition) is 6. The van der Waals surface area contributed by atoms with Gasteiger partial charge in [0, 0.05) is 17.3 Å². The minimum atomic E-state index is -3.75. The van der Waals surface area contributed by atoms with Crippen LogP contribution in [0.4, 0.5) is 5.69 Å². The van der Waals surface area contributed by atoms with Crippen LogP contribution in [0.3, 0.4) is 0 Å². The number of rotatable bonds is 2. The molecular weight excluding hydrogens is 330 g/mol. The molecule has 0 saturated carbocycles. The highest BCUT2D eigenvalue weighted by molar-refractivity contribution is 7.93. The Balaban J connectivity index is 2.01. The van der Waals surface area contributed by atoms with Gasteiger partial charge >= 0.3 is 0 Å². The van der Waals surface area contributed by atoms with E-state index in [1.807, 2.05) is 18.2 Å². The fourth-order valence-corrected chi connectivity index (χ4v) is 5.19. The average Bonchev–Trinajstić information content (AvgIpc) is 3.00. The van der Waals surface area contributed by atoms with Crippen molar-refractivity contribution in [1.82, 2.24) is 9.97 Å². The third kappa shape index (κ3) is 2.16. The number of pyridine rings is 1. The minimum Gasteiger partial charge on any atom is -0.398 e. The van der Waals surface area contributed by atoms with E-state index in [-0.39, 0.29) is 9.24 Å². The summed E-state index contributed by atoms with van der Waals surface area (Å²) in [6.07, 6.45) is 1.55. The zero-order valence-corrected chi connectivity index (χ0v) is 13.4. The Morgan fingerprint density at radius 1 is 1.00 bits per heavy atom. The van der Waals surface area contributed by atoms with E-state index in [4.69, 9.17) is 5.73 Å². The quantitative estimate of drug-likeness (QED) is 0.566. The number of aromatic nitrogens is 2. The van der Waals surface area contributed by atoms with Gasteiger partial charge in [0.15, 0.2) is 0 Å². The van der Waals surface area contributed by atoms with Gasteiger partial charge < -0.3 is 5.73 Å². The summed E-state index contributed by atoms with van der Waals surface area (Å²) in [5.74, 6) is 0. The molecule has 0 atom stereocenters. The molecule has 2 heterocycles. The first-order valence-electron chi connectivity index (χ1n) is 6.81. The first-order chi connectivity index (χ1) is 11.1. The molecule has 0 aliphatic heterocycles. The first-order valence-corrected chi connectivity index (χ1v) is 9.11. The van der Waals surface area contributed by atoms with Gasteiger partial charge in [-0.2, -0.15) is 0 Å². The molecule has 23 heavy (non-hydrogen) atoms. The number of nitrogens with zero attached hydrogens (tertiary/aromatic N) is 2. The van der Waals surface area contributed by atoms with Gasteiger partial charge in [0.1, 0.15) is 4.90 Å². The summed E-state index contributed by atoms with van der Waals surface area (Å²) in [5, 5.41) is 0.620. The Morgan fingerprint density at radius 2 is 1.83 bits per heavy atom. The molecule has 4 rings (SSSR count). The highest BCUT2D eigenvalue weighted by atomic mass is 32.2. The SMILES string of the molecule is Nc1ccc(S(=O)(=O)c2nc3ccccc3s2)c2ncccc12. The normalized spacial score (nSPS) is 12.0. The summed E-state index contributed by atoms with van der Waals surface area (Å²) in [6.45, 7) is 0. The molecular formula is C16H11N3O2S2. The van der Waals surface area contributed by atoms with Gasteiger partial charge in [0.2, 0.25) is 14.2 Å². The van der Waals surface area contributed by atoms with E-state index in [2.05, 4.69) is 9.97 Å². The molecule has 114 valence electrons.